The van der Waals surface area contributed by atoms with Crippen molar-refractivity contribution in [3.63, 3.8) is 0 Å². The van der Waals surface area contributed by atoms with E-state index in [-0.39, 0.29) is 18.8 Å². The molecule has 2 saturated heterocycles. The van der Waals surface area contributed by atoms with Crippen molar-refractivity contribution in [2.45, 2.75) is 52.2 Å². The number of ketones is 1. The Bertz CT molecular complexity index is 829. The van der Waals surface area contributed by atoms with Crippen LogP contribution in [0.5, 0.6) is 0 Å². The van der Waals surface area contributed by atoms with E-state index in [4.69, 9.17) is 19.3 Å². The van der Waals surface area contributed by atoms with Gasteiger partial charge in [0, 0.05) is 42.3 Å². The molecule has 0 bridgehead atoms. The molecule has 35 heavy (non-hydrogen) atoms. The summed E-state index contributed by atoms with van der Waals surface area (Å²) in [5.41, 5.74) is 1.45. The lowest BCUT2D eigenvalue weighted by atomic mass is 10.0. The summed E-state index contributed by atoms with van der Waals surface area (Å²) < 4.78 is 55.0. The van der Waals surface area contributed by atoms with Gasteiger partial charge in [-0.2, -0.15) is 8.42 Å². The summed E-state index contributed by atoms with van der Waals surface area (Å²) in [5, 5.41) is 7.72. The van der Waals surface area contributed by atoms with E-state index in [0.29, 0.717) is 6.61 Å². The first-order valence-corrected chi connectivity index (χ1v) is 15.5. The summed E-state index contributed by atoms with van der Waals surface area (Å²) >= 11 is 0. The topological polar surface area (TPSA) is 168 Å². The molecule has 208 valence electrons. The van der Waals surface area contributed by atoms with Crippen LogP contribution in [-0.4, -0.2) is 85.5 Å². The van der Waals surface area contributed by atoms with Gasteiger partial charge in [-0.3, -0.25) is 4.79 Å². The van der Waals surface area contributed by atoms with Crippen LogP contribution in [0.3, 0.4) is 0 Å². The number of rotatable bonds is 4. The van der Waals surface area contributed by atoms with E-state index in [9.17, 15) is 21.6 Å². The molecule has 1 atom stereocenters. The Balaban J connectivity index is 0.000000466. The lowest BCUT2D eigenvalue weighted by Crippen LogP contribution is -2.42. The van der Waals surface area contributed by atoms with Crippen molar-refractivity contribution >= 4 is 35.7 Å². The third kappa shape index (κ3) is 20.0. The molecule has 0 amide bonds. The predicted octanol–water partition coefficient (Wildman–Crippen LogP) is 1.37. The van der Waals surface area contributed by atoms with Crippen LogP contribution in [0.15, 0.2) is 11.8 Å². The lowest BCUT2D eigenvalue weighted by Gasteiger charge is -2.32. The zero-order valence-electron chi connectivity index (χ0n) is 21.1. The van der Waals surface area contributed by atoms with Gasteiger partial charge in [0.25, 0.3) is 9.24 Å². The number of nitrogens with two attached hydrogens (primary N) is 2. The fourth-order valence-corrected chi connectivity index (χ4v) is 4.26. The minimum atomic E-state index is -3.75. The van der Waals surface area contributed by atoms with Crippen LogP contribution in [0.2, 0.25) is 0 Å². The van der Waals surface area contributed by atoms with E-state index >= 15 is 0 Å². The highest BCUT2D eigenvalue weighted by atomic mass is 35.7. The number of primary sulfonamides is 1. The fourth-order valence-electron chi connectivity index (χ4n) is 3.49. The zero-order chi connectivity index (χ0) is 27.1. The van der Waals surface area contributed by atoms with Gasteiger partial charge in [0.2, 0.25) is 10.0 Å². The van der Waals surface area contributed by atoms with Gasteiger partial charge in [-0.15, -0.1) is 0 Å². The Hall–Kier alpha value is -0.800. The van der Waals surface area contributed by atoms with Crippen LogP contribution in [0.1, 0.15) is 47.0 Å². The van der Waals surface area contributed by atoms with E-state index in [1.54, 1.807) is 0 Å². The summed E-state index contributed by atoms with van der Waals surface area (Å²) in [6.45, 7) is 14.8. The van der Waals surface area contributed by atoms with Crippen LogP contribution in [0, 0.1) is 11.8 Å². The highest BCUT2D eigenvalue weighted by molar-refractivity contribution is 8.11. The molecule has 3 aliphatic heterocycles. The van der Waals surface area contributed by atoms with Crippen molar-refractivity contribution < 1.29 is 35.8 Å². The third-order valence-corrected chi connectivity index (χ3v) is 6.01. The van der Waals surface area contributed by atoms with Gasteiger partial charge >= 0.3 is 0 Å². The summed E-state index contributed by atoms with van der Waals surface area (Å²) in [7, 11) is -3.16. The Morgan fingerprint density at radius 1 is 0.943 bits per heavy atom. The first-order valence-electron chi connectivity index (χ1n) is 11.5. The van der Waals surface area contributed by atoms with Crippen molar-refractivity contribution in [1.29, 1.82) is 0 Å². The molecule has 4 N–H and O–H groups in total. The maximum absolute atomic E-state index is 10.9. The number of carbonyl (C=O) groups excluding carboxylic acids is 1. The Morgan fingerprint density at radius 2 is 1.46 bits per heavy atom. The molecule has 0 aromatic heterocycles. The second-order valence-corrected chi connectivity index (χ2v) is 13.0. The van der Waals surface area contributed by atoms with Crippen LogP contribution in [0.25, 0.3) is 0 Å². The Kier molecular flexibility index (Phi) is 17.2. The summed E-state index contributed by atoms with van der Waals surface area (Å²) in [4.78, 5) is 13.3. The van der Waals surface area contributed by atoms with Crippen molar-refractivity contribution in [1.82, 2.24) is 4.90 Å². The molecule has 0 saturated carbocycles. The van der Waals surface area contributed by atoms with E-state index in [2.05, 4.69) is 54.5 Å². The molecular formula is C21H42ClN3O8S2. The summed E-state index contributed by atoms with van der Waals surface area (Å²) in [6.07, 6.45) is 4.76. The number of carbonyl (C=O) groups is 1. The summed E-state index contributed by atoms with van der Waals surface area (Å²) in [6, 6.07) is 0. The highest BCUT2D eigenvalue weighted by Crippen LogP contribution is 2.14. The van der Waals surface area contributed by atoms with Gasteiger partial charge < -0.3 is 19.1 Å². The van der Waals surface area contributed by atoms with Gasteiger partial charge in [-0.1, -0.05) is 27.7 Å². The Morgan fingerprint density at radius 3 is 1.80 bits per heavy atom. The highest BCUT2D eigenvalue weighted by Gasteiger charge is 2.32. The van der Waals surface area contributed by atoms with Crippen molar-refractivity contribution in [3.8, 4) is 0 Å². The predicted molar refractivity (Wildman–Crippen MR) is 137 cm³/mol. The number of sulfonamides is 1. The number of hydrogen-bond donors (Lipinski definition) is 2. The molecule has 0 aliphatic carbocycles. The molecule has 0 spiro atoms. The molecule has 14 heteroatoms. The van der Waals surface area contributed by atoms with Gasteiger partial charge in [-0.25, -0.2) is 18.7 Å². The molecular weight excluding hydrogens is 522 g/mol. The van der Waals surface area contributed by atoms with Crippen LogP contribution in [0.4, 0.5) is 0 Å². The average Bonchev–Trinajstić information content (AvgIpc) is 2.73. The third-order valence-electron chi connectivity index (χ3n) is 4.82. The first-order chi connectivity index (χ1) is 16.1. The van der Waals surface area contributed by atoms with Crippen molar-refractivity contribution in [3.05, 3.63) is 11.8 Å². The number of hydrogen-bond acceptors (Lipinski definition) is 9. The maximum Gasteiger partial charge on any atom is 0.294 e. The van der Waals surface area contributed by atoms with Gasteiger partial charge in [-0.05, 0) is 24.3 Å². The van der Waals surface area contributed by atoms with Crippen molar-refractivity contribution in [2.75, 3.05) is 52.7 Å². The fraction of sp³-hybridized carbons (Fsp3) is 0.857. The minimum Gasteiger partial charge on any atom is -0.379 e. The standard InChI is InChI=1S/C9H15NO2.C7H16.C5H9NO4S.ClH2NO2S/c1-5-11-6-2-9(1)10-3-7-12-8-4-10;1-6(2)5-7(3)4;6-11(8,9)5-3-10-2-1-4(5)7;1-5(2,3)4/h1H,2-8H2;6-7H,5H2,1-4H3;5H,1-3H2,(H2,6,8,9);(H2,2,3,4). The smallest absolute Gasteiger partial charge is 0.294 e. The first kappa shape index (κ1) is 34.2. The van der Waals surface area contributed by atoms with Gasteiger partial charge in [0.1, 0.15) is 0 Å². The molecule has 3 heterocycles. The zero-order valence-corrected chi connectivity index (χ0v) is 23.5. The molecule has 0 radical (unpaired) electrons. The second kappa shape index (κ2) is 17.6. The number of Topliss-reactive ketones (excluding diaryl/α,β-unsaturated/α-hetero) is 1. The maximum atomic E-state index is 10.9. The van der Waals surface area contributed by atoms with Gasteiger partial charge in [0.15, 0.2) is 11.0 Å². The lowest BCUT2D eigenvalue weighted by molar-refractivity contribution is -0.123. The summed E-state index contributed by atoms with van der Waals surface area (Å²) in [5.74, 6) is 1.40. The van der Waals surface area contributed by atoms with E-state index in [1.165, 1.54) is 12.1 Å². The van der Waals surface area contributed by atoms with E-state index in [1.807, 2.05) is 0 Å². The number of ether oxygens (including phenoxy) is 3. The minimum absolute atomic E-state index is 0.0995. The van der Waals surface area contributed by atoms with Crippen LogP contribution < -0.4 is 10.3 Å². The quantitative estimate of drug-likeness (QED) is 0.480. The molecule has 0 aromatic rings. The molecule has 3 rings (SSSR count). The van der Waals surface area contributed by atoms with Crippen molar-refractivity contribution in [2.24, 2.45) is 22.1 Å². The molecule has 3 aliphatic rings. The molecule has 2 fully saturated rings. The Labute approximate surface area is 215 Å². The van der Waals surface area contributed by atoms with Gasteiger partial charge in [0.05, 0.1) is 39.6 Å². The number of halogens is 1. The van der Waals surface area contributed by atoms with Crippen LogP contribution >= 0.6 is 10.7 Å². The molecule has 11 nitrogen and oxygen atoms in total. The normalized spacial score (nSPS) is 21.1. The molecule has 0 aromatic carbocycles. The monoisotopic (exact) mass is 563 g/mol. The second-order valence-electron chi connectivity index (χ2n) is 8.99. The largest absolute Gasteiger partial charge is 0.379 e. The van der Waals surface area contributed by atoms with Crippen LogP contribution in [-0.2, 0) is 38.3 Å². The number of nitrogens with zero attached hydrogens (tertiary/aromatic N) is 1. The molecule has 1 unspecified atom stereocenters. The van der Waals surface area contributed by atoms with E-state index < -0.39 is 24.5 Å². The SMILES string of the molecule is C1=C(N2CCOCC2)CCOC1.CC(C)CC(C)C.NS(=O)(=O)C1COCCC1=O.NS(=O)(=O)Cl. The average molecular weight is 564 g/mol. The number of morpholine rings is 1. The van der Waals surface area contributed by atoms with E-state index in [0.717, 1.165) is 57.8 Å².